The summed E-state index contributed by atoms with van der Waals surface area (Å²) in [7, 11) is 0. The molecule has 1 N–H and O–H groups in total. The van der Waals surface area contributed by atoms with Crippen molar-refractivity contribution >= 4 is 12.2 Å². The molecule has 0 bridgehead atoms. The second-order valence-corrected chi connectivity index (χ2v) is 9.98. The topological polar surface area (TPSA) is 97.6 Å². The first-order chi connectivity index (χ1) is 22.6. The van der Waals surface area contributed by atoms with Gasteiger partial charge in [0.05, 0.1) is 34.2 Å². The Bertz CT molecular complexity index is 1790. The van der Waals surface area contributed by atoms with E-state index >= 15 is 0 Å². The fraction of sp³-hybridized carbons (Fsp3) is 0.0256. The molecule has 1 aromatic carbocycles. The molecule has 8 heteroatoms. The van der Waals surface area contributed by atoms with Crippen LogP contribution in [-0.2, 0) is 17.1 Å². The van der Waals surface area contributed by atoms with Crippen LogP contribution in [0.4, 0.5) is 0 Å². The van der Waals surface area contributed by atoms with E-state index in [1.807, 2.05) is 128 Å². The summed E-state index contributed by atoms with van der Waals surface area (Å²) in [6.07, 6.45) is 14.7. The van der Waals surface area contributed by atoms with E-state index in [1.165, 1.54) is 0 Å². The predicted molar refractivity (Wildman–Crippen MR) is 184 cm³/mol. The number of aromatic hydroxyl groups is 1. The fourth-order valence-electron chi connectivity index (χ4n) is 4.20. The SMILES string of the molecule is Cc1ccnc(-c2cc(C=Cc3ccc(O)cc3)ccn2)c1.[Fe].c1ccc(-c2ccccn2)nc1.c1ccc(-c2ccccn2)nc1. The van der Waals surface area contributed by atoms with Crippen molar-refractivity contribution in [1.29, 1.82) is 0 Å². The average molecular weight is 657 g/mol. The number of benzene rings is 1. The molecule has 232 valence electrons. The molecule has 0 saturated heterocycles. The van der Waals surface area contributed by atoms with Crippen molar-refractivity contribution in [3.63, 3.8) is 0 Å². The van der Waals surface area contributed by atoms with E-state index in [2.05, 4.69) is 29.9 Å². The van der Waals surface area contributed by atoms with E-state index in [1.54, 1.807) is 49.3 Å². The number of aryl methyl sites for hydroxylation is 1. The van der Waals surface area contributed by atoms with Crippen LogP contribution in [0.5, 0.6) is 5.75 Å². The second kappa shape index (κ2) is 18.2. The van der Waals surface area contributed by atoms with Crippen LogP contribution in [-0.4, -0.2) is 35.0 Å². The summed E-state index contributed by atoms with van der Waals surface area (Å²) in [5.41, 5.74) is 8.65. The van der Waals surface area contributed by atoms with Crippen molar-refractivity contribution in [2.75, 3.05) is 0 Å². The summed E-state index contributed by atoms with van der Waals surface area (Å²) in [6, 6.07) is 38.2. The minimum atomic E-state index is 0. The quantitative estimate of drug-likeness (QED) is 0.185. The van der Waals surface area contributed by atoms with Gasteiger partial charge in [0.25, 0.3) is 0 Å². The van der Waals surface area contributed by atoms with Crippen molar-refractivity contribution in [3.05, 3.63) is 175 Å². The van der Waals surface area contributed by atoms with Crippen LogP contribution in [0.15, 0.2) is 159 Å². The first-order valence-corrected chi connectivity index (χ1v) is 14.6. The zero-order valence-electron chi connectivity index (χ0n) is 25.6. The van der Waals surface area contributed by atoms with Gasteiger partial charge in [-0.15, -0.1) is 0 Å². The minimum Gasteiger partial charge on any atom is -0.508 e. The first-order valence-electron chi connectivity index (χ1n) is 14.6. The summed E-state index contributed by atoms with van der Waals surface area (Å²) in [6.45, 7) is 2.04. The molecule has 0 amide bonds. The molecule has 7 nitrogen and oxygen atoms in total. The van der Waals surface area contributed by atoms with E-state index in [4.69, 9.17) is 0 Å². The standard InChI is InChI=1S/C19H16N2O.2C10H8N2.Fe/c1-14-8-10-20-18(12-14)19-13-16(9-11-21-19)3-2-15-4-6-17(22)7-5-15;2*1-3-7-11-9(5-1)10-6-2-4-8-12-10;/h2-13,22H,1H3;2*1-8H;. The molecule has 7 rings (SSSR count). The van der Waals surface area contributed by atoms with Crippen molar-refractivity contribution in [2.24, 2.45) is 0 Å². The number of rotatable bonds is 5. The van der Waals surface area contributed by atoms with E-state index < -0.39 is 0 Å². The van der Waals surface area contributed by atoms with Crippen molar-refractivity contribution in [2.45, 2.75) is 6.92 Å². The van der Waals surface area contributed by atoms with Crippen molar-refractivity contribution in [1.82, 2.24) is 29.9 Å². The van der Waals surface area contributed by atoms with E-state index in [0.717, 1.165) is 50.9 Å². The third-order valence-corrected chi connectivity index (χ3v) is 6.51. The zero-order chi connectivity index (χ0) is 31.8. The molecular weight excluding hydrogens is 624 g/mol. The normalized spacial score (nSPS) is 10.1. The molecule has 0 atom stereocenters. The number of hydrogen-bond acceptors (Lipinski definition) is 7. The van der Waals surface area contributed by atoms with Crippen molar-refractivity contribution in [3.8, 4) is 39.9 Å². The monoisotopic (exact) mass is 656 g/mol. The van der Waals surface area contributed by atoms with Crippen LogP contribution in [0.1, 0.15) is 16.7 Å². The number of hydrogen-bond donors (Lipinski definition) is 1. The van der Waals surface area contributed by atoms with Gasteiger partial charge in [-0.3, -0.25) is 29.9 Å². The summed E-state index contributed by atoms with van der Waals surface area (Å²) >= 11 is 0. The maximum atomic E-state index is 9.29. The third-order valence-electron chi connectivity index (χ3n) is 6.51. The van der Waals surface area contributed by atoms with Crippen LogP contribution in [0, 0.1) is 6.92 Å². The van der Waals surface area contributed by atoms with Gasteiger partial charge >= 0.3 is 0 Å². The maximum Gasteiger partial charge on any atom is 0.115 e. The zero-order valence-corrected chi connectivity index (χ0v) is 26.8. The van der Waals surface area contributed by atoms with E-state index in [9.17, 15) is 5.11 Å². The molecule has 0 aliphatic carbocycles. The van der Waals surface area contributed by atoms with Gasteiger partial charge in [0.2, 0.25) is 0 Å². The van der Waals surface area contributed by atoms with Gasteiger partial charge in [-0.25, -0.2) is 0 Å². The molecule has 0 fully saturated rings. The summed E-state index contributed by atoms with van der Waals surface area (Å²) < 4.78 is 0. The van der Waals surface area contributed by atoms with Crippen LogP contribution < -0.4 is 0 Å². The molecule has 47 heavy (non-hydrogen) atoms. The summed E-state index contributed by atoms with van der Waals surface area (Å²) in [5, 5.41) is 9.29. The average Bonchev–Trinajstić information content (AvgIpc) is 3.14. The van der Waals surface area contributed by atoms with Gasteiger partial charge in [-0.1, -0.05) is 48.6 Å². The predicted octanol–water partition coefficient (Wildman–Crippen LogP) is 8.61. The first kappa shape index (κ1) is 34.1. The molecule has 6 aromatic heterocycles. The smallest absolute Gasteiger partial charge is 0.115 e. The van der Waals surface area contributed by atoms with Gasteiger partial charge in [-0.05, 0) is 109 Å². The largest absolute Gasteiger partial charge is 0.508 e. The van der Waals surface area contributed by atoms with Gasteiger partial charge in [0, 0.05) is 54.2 Å². The number of aromatic nitrogens is 6. The number of pyridine rings is 6. The Hall–Kier alpha value is -5.82. The maximum absolute atomic E-state index is 9.29. The molecule has 0 radical (unpaired) electrons. The van der Waals surface area contributed by atoms with Crippen LogP contribution in [0.3, 0.4) is 0 Å². The Morgan fingerprint density at radius 1 is 0.404 bits per heavy atom. The Kier molecular flexibility index (Phi) is 13.2. The number of phenols is 1. The number of phenolic OH excluding ortho intramolecular Hbond substituents is 1. The van der Waals surface area contributed by atoms with E-state index in [0.29, 0.717) is 0 Å². The van der Waals surface area contributed by atoms with Crippen LogP contribution in [0.25, 0.3) is 46.3 Å². The van der Waals surface area contributed by atoms with E-state index in [-0.39, 0.29) is 22.8 Å². The molecule has 6 heterocycles. The van der Waals surface area contributed by atoms with Gasteiger partial charge in [0.15, 0.2) is 0 Å². The van der Waals surface area contributed by atoms with Crippen molar-refractivity contribution < 1.29 is 22.2 Å². The molecular formula is C39H32FeN6O. The third kappa shape index (κ3) is 10.9. The van der Waals surface area contributed by atoms with Crippen LogP contribution >= 0.6 is 0 Å². The van der Waals surface area contributed by atoms with Gasteiger partial charge in [0.1, 0.15) is 5.75 Å². The number of nitrogens with zero attached hydrogens (tertiary/aromatic N) is 6. The van der Waals surface area contributed by atoms with Gasteiger partial charge < -0.3 is 5.11 Å². The molecule has 0 saturated carbocycles. The Morgan fingerprint density at radius 3 is 1.23 bits per heavy atom. The molecule has 0 unspecified atom stereocenters. The fourth-order valence-corrected chi connectivity index (χ4v) is 4.20. The summed E-state index contributed by atoms with van der Waals surface area (Å²) in [5.74, 6) is 0.272. The molecule has 0 aliphatic rings. The molecule has 0 aliphatic heterocycles. The Balaban J connectivity index is 0.000000170. The molecule has 0 spiro atoms. The van der Waals surface area contributed by atoms with Crippen LogP contribution in [0.2, 0.25) is 0 Å². The van der Waals surface area contributed by atoms with Gasteiger partial charge in [-0.2, -0.15) is 0 Å². The second-order valence-electron chi connectivity index (χ2n) is 9.98. The molecule has 7 aromatic rings. The Labute approximate surface area is 285 Å². The minimum absolute atomic E-state index is 0. The Morgan fingerprint density at radius 2 is 0.809 bits per heavy atom. The summed E-state index contributed by atoms with van der Waals surface area (Å²) in [4.78, 5) is 25.5.